The van der Waals surface area contributed by atoms with E-state index < -0.39 is 5.97 Å². The Hall–Kier alpha value is -0.650. The lowest BCUT2D eigenvalue weighted by Crippen LogP contribution is -2.71. The van der Waals surface area contributed by atoms with E-state index in [0.717, 1.165) is 39.0 Å². The number of carboxylic acid groups (broad SMARTS) is 1. The topological polar surface area (TPSA) is 64.6 Å². The molecule has 2 fully saturated rings. The van der Waals surface area contributed by atoms with Crippen LogP contribution in [0.4, 0.5) is 0 Å². The van der Waals surface area contributed by atoms with Gasteiger partial charge in [0.1, 0.15) is 0 Å². The second kappa shape index (κ2) is 4.69. The Labute approximate surface area is 96.2 Å². The maximum atomic E-state index is 10.9. The number of rotatable bonds is 4. The van der Waals surface area contributed by atoms with Crippen molar-refractivity contribution in [2.45, 2.75) is 30.8 Å². The fraction of sp³-hybridized carbons (Fsp3) is 0.909. The van der Waals surface area contributed by atoms with E-state index in [1.807, 2.05) is 0 Å². The van der Waals surface area contributed by atoms with Gasteiger partial charge in [-0.2, -0.15) is 0 Å². The van der Waals surface area contributed by atoms with Crippen molar-refractivity contribution in [3.63, 3.8) is 0 Å². The van der Waals surface area contributed by atoms with Gasteiger partial charge in [0.15, 0.2) is 0 Å². The third kappa shape index (κ3) is 2.21. The molecule has 2 aliphatic heterocycles. The minimum absolute atomic E-state index is 0.145. The van der Waals surface area contributed by atoms with Crippen molar-refractivity contribution in [2.24, 2.45) is 0 Å². The minimum Gasteiger partial charge on any atom is -0.481 e. The van der Waals surface area contributed by atoms with Crippen molar-refractivity contribution in [1.82, 2.24) is 15.5 Å². The molecule has 16 heavy (non-hydrogen) atoms. The summed E-state index contributed by atoms with van der Waals surface area (Å²) in [6.07, 6.45) is 2.50. The molecule has 0 saturated carbocycles. The van der Waals surface area contributed by atoms with Crippen LogP contribution in [0.15, 0.2) is 0 Å². The van der Waals surface area contributed by atoms with Crippen LogP contribution in [0.1, 0.15) is 19.3 Å². The molecular weight excluding hydrogens is 206 g/mol. The van der Waals surface area contributed by atoms with Crippen molar-refractivity contribution in [1.29, 1.82) is 0 Å². The largest absolute Gasteiger partial charge is 0.481 e. The van der Waals surface area contributed by atoms with Crippen molar-refractivity contribution < 1.29 is 9.90 Å². The summed E-state index contributed by atoms with van der Waals surface area (Å²) in [4.78, 5) is 13.2. The van der Waals surface area contributed by atoms with Gasteiger partial charge in [-0.3, -0.25) is 9.69 Å². The molecule has 0 bridgehead atoms. The van der Waals surface area contributed by atoms with Gasteiger partial charge in [-0.05, 0) is 33.0 Å². The fourth-order valence-electron chi connectivity index (χ4n) is 2.78. The van der Waals surface area contributed by atoms with E-state index in [1.54, 1.807) is 0 Å². The van der Waals surface area contributed by atoms with E-state index in [4.69, 9.17) is 5.11 Å². The molecule has 5 nitrogen and oxygen atoms in total. The van der Waals surface area contributed by atoms with E-state index in [2.05, 4.69) is 22.6 Å². The van der Waals surface area contributed by atoms with Gasteiger partial charge in [-0.25, -0.2) is 0 Å². The first-order valence-corrected chi connectivity index (χ1v) is 6.00. The third-order valence-corrected chi connectivity index (χ3v) is 3.99. The lowest BCUT2D eigenvalue weighted by Gasteiger charge is -2.52. The second-order valence-electron chi connectivity index (χ2n) is 4.99. The van der Waals surface area contributed by atoms with Gasteiger partial charge in [0.05, 0.1) is 12.0 Å². The zero-order chi connectivity index (χ0) is 11.6. The number of aliphatic carboxylic acids is 1. The van der Waals surface area contributed by atoms with Crippen LogP contribution < -0.4 is 10.6 Å². The van der Waals surface area contributed by atoms with Crippen molar-refractivity contribution in [3.8, 4) is 0 Å². The number of piperidine rings is 1. The average molecular weight is 227 g/mol. The Morgan fingerprint density at radius 3 is 2.44 bits per heavy atom. The monoisotopic (exact) mass is 227 g/mol. The Morgan fingerprint density at radius 2 is 2.00 bits per heavy atom. The molecule has 0 unspecified atom stereocenters. The van der Waals surface area contributed by atoms with E-state index in [9.17, 15) is 4.79 Å². The van der Waals surface area contributed by atoms with E-state index in [0.29, 0.717) is 6.04 Å². The summed E-state index contributed by atoms with van der Waals surface area (Å²) in [5.74, 6) is -0.692. The molecule has 0 spiro atoms. The lowest BCUT2D eigenvalue weighted by molar-refractivity contribution is -0.142. The SMILES string of the molecule is CN(C1CCNCC1)C1(CC(=O)O)CNC1. The molecular formula is C11H21N3O2. The van der Waals surface area contributed by atoms with Gasteiger partial charge in [-0.1, -0.05) is 0 Å². The summed E-state index contributed by atoms with van der Waals surface area (Å²) in [6.45, 7) is 3.70. The highest BCUT2D eigenvalue weighted by Crippen LogP contribution is 2.28. The zero-order valence-corrected chi connectivity index (χ0v) is 9.83. The first-order valence-electron chi connectivity index (χ1n) is 6.00. The van der Waals surface area contributed by atoms with Crippen molar-refractivity contribution >= 4 is 5.97 Å². The minimum atomic E-state index is -0.692. The highest BCUT2D eigenvalue weighted by Gasteiger charge is 2.45. The molecule has 3 N–H and O–H groups in total. The quantitative estimate of drug-likeness (QED) is 0.603. The molecule has 0 aromatic rings. The van der Waals surface area contributed by atoms with Crippen molar-refractivity contribution in [2.75, 3.05) is 33.2 Å². The lowest BCUT2D eigenvalue weighted by atomic mass is 9.84. The van der Waals surface area contributed by atoms with Gasteiger partial charge in [-0.15, -0.1) is 0 Å². The van der Waals surface area contributed by atoms with Crippen LogP contribution in [0.2, 0.25) is 0 Å². The first kappa shape index (κ1) is 11.8. The van der Waals surface area contributed by atoms with Crippen LogP contribution >= 0.6 is 0 Å². The molecule has 2 rings (SSSR count). The molecule has 5 heteroatoms. The van der Waals surface area contributed by atoms with E-state index in [-0.39, 0.29) is 12.0 Å². The van der Waals surface area contributed by atoms with Gasteiger partial charge < -0.3 is 15.7 Å². The highest BCUT2D eigenvalue weighted by molar-refractivity contribution is 5.68. The Bertz CT molecular complexity index is 260. The number of nitrogens with one attached hydrogen (secondary N) is 2. The normalized spacial score (nSPS) is 25.4. The molecule has 92 valence electrons. The molecule has 0 aromatic heterocycles. The maximum absolute atomic E-state index is 10.9. The second-order valence-corrected chi connectivity index (χ2v) is 4.99. The fourth-order valence-corrected chi connectivity index (χ4v) is 2.78. The summed E-state index contributed by atoms with van der Waals surface area (Å²) in [5, 5.41) is 15.5. The summed E-state index contributed by atoms with van der Waals surface area (Å²) in [7, 11) is 2.08. The molecule has 0 amide bonds. The summed E-state index contributed by atoms with van der Waals surface area (Å²) < 4.78 is 0. The number of hydrogen-bond donors (Lipinski definition) is 3. The molecule has 2 heterocycles. The van der Waals surface area contributed by atoms with Crippen LogP contribution in [-0.2, 0) is 4.79 Å². The number of carbonyl (C=O) groups is 1. The predicted molar refractivity (Wildman–Crippen MR) is 61.5 cm³/mol. The average Bonchev–Trinajstić information content (AvgIpc) is 2.23. The standard InChI is InChI=1S/C11H21N3O2/c1-14(9-2-4-12-5-3-9)11(6-10(15)16)7-13-8-11/h9,12-13H,2-8H2,1H3,(H,15,16). The summed E-state index contributed by atoms with van der Waals surface area (Å²) in [5.41, 5.74) is -0.145. The molecule has 0 radical (unpaired) electrons. The predicted octanol–water partition coefficient (Wildman–Crippen LogP) is -0.513. The number of nitrogens with zero attached hydrogens (tertiary/aromatic N) is 1. The van der Waals surface area contributed by atoms with Gasteiger partial charge in [0, 0.05) is 19.1 Å². The van der Waals surface area contributed by atoms with Crippen LogP contribution in [-0.4, -0.2) is 60.8 Å². The van der Waals surface area contributed by atoms with E-state index in [1.165, 1.54) is 0 Å². The van der Waals surface area contributed by atoms with Crippen molar-refractivity contribution in [3.05, 3.63) is 0 Å². The van der Waals surface area contributed by atoms with Crippen LogP contribution in [0.5, 0.6) is 0 Å². The van der Waals surface area contributed by atoms with E-state index >= 15 is 0 Å². The van der Waals surface area contributed by atoms with Crippen LogP contribution in [0.3, 0.4) is 0 Å². The first-order chi connectivity index (χ1) is 7.64. The summed E-state index contributed by atoms with van der Waals surface area (Å²) >= 11 is 0. The number of carboxylic acids is 1. The Balaban J connectivity index is 1.99. The summed E-state index contributed by atoms with van der Waals surface area (Å²) in [6, 6.07) is 0.530. The molecule has 0 aromatic carbocycles. The smallest absolute Gasteiger partial charge is 0.305 e. The van der Waals surface area contributed by atoms with Gasteiger partial charge >= 0.3 is 5.97 Å². The third-order valence-electron chi connectivity index (χ3n) is 3.99. The molecule has 0 atom stereocenters. The van der Waals surface area contributed by atoms with Crippen LogP contribution in [0, 0.1) is 0 Å². The maximum Gasteiger partial charge on any atom is 0.305 e. The molecule has 2 aliphatic rings. The number of hydrogen-bond acceptors (Lipinski definition) is 4. The number of likely N-dealkylation sites (N-methyl/N-ethyl adjacent to an activating group) is 1. The van der Waals surface area contributed by atoms with Gasteiger partial charge in [0.25, 0.3) is 0 Å². The Morgan fingerprint density at radius 1 is 1.38 bits per heavy atom. The molecule has 0 aliphatic carbocycles. The highest BCUT2D eigenvalue weighted by atomic mass is 16.4. The zero-order valence-electron chi connectivity index (χ0n) is 9.83. The van der Waals surface area contributed by atoms with Crippen LogP contribution in [0.25, 0.3) is 0 Å². The Kier molecular flexibility index (Phi) is 3.47. The van der Waals surface area contributed by atoms with Gasteiger partial charge in [0.2, 0.25) is 0 Å². The molecule has 2 saturated heterocycles.